The zero-order valence-electron chi connectivity index (χ0n) is 13.6. The van der Waals surface area contributed by atoms with E-state index in [1.165, 1.54) is 6.33 Å². The van der Waals surface area contributed by atoms with Crippen LogP contribution in [0.4, 0.5) is 11.6 Å². The van der Waals surface area contributed by atoms with Gasteiger partial charge in [-0.25, -0.2) is 15.0 Å². The van der Waals surface area contributed by atoms with Crippen molar-refractivity contribution in [1.82, 2.24) is 20.3 Å². The number of aromatic nitrogens is 3. The SMILES string of the molecule is Nc1ccc2c(N3CCC[C@@H]3C(=O)NCc3ccco3)ncnc2n1. The van der Waals surface area contributed by atoms with Crippen molar-refractivity contribution in [1.29, 1.82) is 0 Å². The zero-order valence-corrected chi connectivity index (χ0v) is 13.6. The molecule has 8 nitrogen and oxygen atoms in total. The summed E-state index contributed by atoms with van der Waals surface area (Å²) in [5, 5.41) is 3.72. The van der Waals surface area contributed by atoms with Crippen molar-refractivity contribution in [2.45, 2.75) is 25.4 Å². The number of pyridine rings is 1. The molecule has 0 saturated carbocycles. The van der Waals surface area contributed by atoms with Crippen molar-refractivity contribution >= 4 is 28.6 Å². The zero-order chi connectivity index (χ0) is 17.2. The molecule has 1 amide bonds. The van der Waals surface area contributed by atoms with Crippen LogP contribution in [0, 0.1) is 0 Å². The van der Waals surface area contributed by atoms with Crippen LogP contribution in [-0.2, 0) is 11.3 Å². The molecular formula is C17H18N6O2. The Balaban J connectivity index is 1.58. The van der Waals surface area contributed by atoms with Crippen molar-refractivity contribution in [3.05, 3.63) is 42.6 Å². The van der Waals surface area contributed by atoms with Gasteiger partial charge in [-0.1, -0.05) is 0 Å². The van der Waals surface area contributed by atoms with E-state index >= 15 is 0 Å². The van der Waals surface area contributed by atoms with E-state index in [0.29, 0.717) is 23.8 Å². The number of carbonyl (C=O) groups excluding carboxylic acids is 1. The molecule has 128 valence electrons. The highest BCUT2D eigenvalue weighted by molar-refractivity contribution is 5.92. The maximum atomic E-state index is 12.6. The number of furan rings is 1. The minimum absolute atomic E-state index is 0.0379. The summed E-state index contributed by atoms with van der Waals surface area (Å²) in [4.78, 5) is 27.5. The minimum Gasteiger partial charge on any atom is -0.467 e. The molecule has 25 heavy (non-hydrogen) atoms. The number of anilines is 2. The molecule has 0 radical (unpaired) electrons. The Hall–Kier alpha value is -3.16. The molecule has 1 fully saturated rings. The molecule has 4 rings (SSSR count). The fraction of sp³-hybridized carbons (Fsp3) is 0.294. The molecule has 0 aromatic carbocycles. The van der Waals surface area contributed by atoms with Crippen LogP contribution in [-0.4, -0.2) is 33.4 Å². The van der Waals surface area contributed by atoms with E-state index in [4.69, 9.17) is 10.2 Å². The van der Waals surface area contributed by atoms with Gasteiger partial charge in [-0.15, -0.1) is 0 Å². The normalized spacial score (nSPS) is 17.1. The van der Waals surface area contributed by atoms with Crippen LogP contribution in [0.1, 0.15) is 18.6 Å². The maximum absolute atomic E-state index is 12.6. The number of rotatable bonds is 4. The van der Waals surface area contributed by atoms with Gasteiger partial charge in [0.15, 0.2) is 5.65 Å². The predicted octanol–water partition coefficient (Wildman–Crippen LogP) is 1.49. The molecule has 8 heteroatoms. The van der Waals surface area contributed by atoms with Gasteiger partial charge < -0.3 is 20.4 Å². The summed E-state index contributed by atoms with van der Waals surface area (Å²) < 4.78 is 5.26. The summed E-state index contributed by atoms with van der Waals surface area (Å²) in [5.74, 6) is 1.81. The largest absolute Gasteiger partial charge is 0.467 e. The van der Waals surface area contributed by atoms with Gasteiger partial charge in [-0.2, -0.15) is 0 Å². The Morgan fingerprint density at radius 3 is 3.12 bits per heavy atom. The highest BCUT2D eigenvalue weighted by atomic mass is 16.3. The van der Waals surface area contributed by atoms with Gasteiger partial charge in [0.05, 0.1) is 18.2 Å². The lowest BCUT2D eigenvalue weighted by Crippen LogP contribution is -2.43. The summed E-state index contributed by atoms with van der Waals surface area (Å²) >= 11 is 0. The molecular weight excluding hydrogens is 320 g/mol. The molecule has 3 aromatic rings. The van der Waals surface area contributed by atoms with Crippen LogP contribution in [0.2, 0.25) is 0 Å². The molecule has 0 spiro atoms. The van der Waals surface area contributed by atoms with Crippen molar-refractivity contribution < 1.29 is 9.21 Å². The van der Waals surface area contributed by atoms with Crippen molar-refractivity contribution in [3.63, 3.8) is 0 Å². The van der Waals surface area contributed by atoms with Crippen molar-refractivity contribution in [2.24, 2.45) is 0 Å². The van der Waals surface area contributed by atoms with Crippen LogP contribution in [0.3, 0.4) is 0 Å². The van der Waals surface area contributed by atoms with Crippen LogP contribution in [0.5, 0.6) is 0 Å². The molecule has 0 aliphatic carbocycles. The number of nitrogens with zero attached hydrogens (tertiary/aromatic N) is 4. The monoisotopic (exact) mass is 338 g/mol. The van der Waals surface area contributed by atoms with Gasteiger partial charge in [0, 0.05) is 6.54 Å². The lowest BCUT2D eigenvalue weighted by Gasteiger charge is -2.25. The van der Waals surface area contributed by atoms with E-state index in [1.807, 2.05) is 17.0 Å². The lowest BCUT2D eigenvalue weighted by molar-refractivity contribution is -0.122. The van der Waals surface area contributed by atoms with Gasteiger partial charge in [0.25, 0.3) is 0 Å². The Morgan fingerprint density at radius 2 is 2.28 bits per heavy atom. The molecule has 1 aliphatic heterocycles. The summed E-state index contributed by atoms with van der Waals surface area (Å²) in [7, 11) is 0. The fourth-order valence-corrected chi connectivity index (χ4v) is 3.17. The summed E-state index contributed by atoms with van der Waals surface area (Å²) in [6.45, 7) is 1.13. The van der Waals surface area contributed by atoms with Crippen LogP contribution < -0.4 is 16.0 Å². The van der Waals surface area contributed by atoms with Crippen molar-refractivity contribution in [3.8, 4) is 0 Å². The standard InChI is InChI=1S/C17H18N6O2/c18-14-6-5-12-15(22-14)20-10-21-16(12)23-7-1-4-13(23)17(24)19-9-11-3-2-8-25-11/h2-3,5-6,8,10,13H,1,4,7,9H2,(H,19,24)(H2,18,20,21,22)/t13-/m1/s1. The topological polar surface area (TPSA) is 110 Å². The quantitative estimate of drug-likeness (QED) is 0.741. The fourth-order valence-electron chi connectivity index (χ4n) is 3.17. The van der Waals surface area contributed by atoms with Gasteiger partial charge >= 0.3 is 0 Å². The van der Waals surface area contributed by atoms with Crippen LogP contribution >= 0.6 is 0 Å². The Labute approximate surface area is 144 Å². The Morgan fingerprint density at radius 1 is 1.36 bits per heavy atom. The number of carbonyl (C=O) groups is 1. The summed E-state index contributed by atoms with van der Waals surface area (Å²) in [6, 6.07) is 6.93. The first-order valence-corrected chi connectivity index (χ1v) is 8.16. The van der Waals surface area contributed by atoms with E-state index in [0.717, 1.165) is 30.5 Å². The molecule has 4 heterocycles. The molecule has 1 atom stereocenters. The van der Waals surface area contributed by atoms with E-state index in [1.54, 1.807) is 18.4 Å². The van der Waals surface area contributed by atoms with Crippen LogP contribution in [0.25, 0.3) is 11.0 Å². The number of nitrogens with two attached hydrogens (primary N) is 1. The third kappa shape index (κ3) is 2.98. The van der Waals surface area contributed by atoms with E-state index in [-0.39, 0.29) is 11.9 Å². The first-order chi connectivity index (χ1) is 12.2. The molecule has 0 unspecified atom stereocenters. The van der Waals surface area contributed by atoms with Gasteiger partial charge in [-0.3, -0.25) is 4.79 Å². The third-order valence-corrected chi connectivity index (χ3v) is 4.34. The second-order valence-electron chi connectivity index (χ2n) is 5.95. The molecule has 0 bridgehead atoms. The average molecular weight is 338 g/mol. The van der Waals surface area contributed by atoms with E-state index < -0.39 is 0 Å². The molecule has 1 saturated heterocycles. The lowest BCUT2D eigenvalue weighted by atomic mass is 10.2. The summed E-state index contributed by atoms with van der Waals surface area (Å²) in [6.07, 6.45) is 4.75. The van der Waals surface area contributed by atoms with Crippen LogP contribution in [0.15, 0.2) is 41.3 Å². The molecule has 1 aliphatic rings. The van der Waals surface area contributed by atoms with Gasteiger partial charge in [0.2, 0.25) is 5.91 Å². The predicted molar refractivity (Wildman–Crippen MR) is 92.7 cm³/mol. The third-order valence-electron chi connectivity index (χ3n) is 4.34. The van der Waals surface area contributed by atoms with Gasteiger partial charge in [0.1, 0.15) is 29.8 Å². The number of nitrogen functional groups attached to an aromatic ring is 1. The second kappa shape index (κ2) is 6.39. The molecule has 3 aromatic heterocycles. The van der Waals surface area contributed by atoms with Gasteiger partial charge in [-0.05, 0) is 37.1 Å². The number of fused-ring (bicyclic) bond motifs is 1. The highest BCUT2D eigenvalue weighted by Gasteiger charge is 2.32. The smallest absolute Gasteiger partial charge is 0.243 e. The van der Waals surface area contributed by atoms with E-state index in [2.05, 4.69) is 20.3 Å². The van der Waals surface area contributed by atoms with Crippen molar-refractivity contribution in [2.75, 3.05) is 17.2 Å². The minimum atomic E-state index is -0.273. The highest BCUT2D eigenvalue weighted by Crippen LogP contribution is 2.29. The first kappa shape index (κ1) is 15.4. The number of hydrogen-bond donors (Lipinski definition) is 2. The molecule has 3 N–H and O–H groups in total. The Bertz CT molecular complexity index is 895. The second-order valence-corrected chi connectivity index (χ2v) is 5.95. The Kier molecular flexibility index (Phi) is 3.93. The summed E-state index contributed by atoms with van der Waals surface area (Å²) in [5.41, 5.74) is 6.26. The van der Waals surface area contributed by atoms with E-state index in [9.17, 15) is 4.79 Å². The number of hydrogen-bond acceptors (Lipinski definition) is 7. The average Bonchev–Trinajstić information content (AvgIpc) is 3.30. The number of amides is 1. The maximum Gasteiger partial charge on any atom is 0.243 e. The first-order valence-electron chi connectivity index (χ1n) is 8.16. The number of nitrogens with one attached hydrogen (secondary N) is 1.